The molecule has 1 rings (SSSR count). The SMILES string of the molecule is COC(=O)[C@H](N)c1cc(OC(F)(F)F)ccc1OC.Cl. The van der Waals surface area contributed by atoms with Gasteiger partial charge in [-0.05, 0) is 18.2 Å². The molecule has 0 amide bonds. The first kappa shape index (κ1) is 18.3. The van der Waals surface area contributed by atoms with Gasteiger partial charge in [-0.2, -0.15) is 0 Å². The molecular weight excluding hydrogens is 303 g/mol. The molecule has 0 spiro atoms. The van der Waals surface area contributed by atoms with Crippen molar-refractivity contribution < 1.29 is 32.2 Å². The lowest BCUT2D eigenvalue weighted by Gasteiger charge is -2.16. The van der Waals surface area contributed by atoms with Crippen molar-refractivity contribution in [2.45, 2.75) is 12.4 Å². The van der Waals surface area contributed by atoms with Crippen molar-refractivity contribution in [1.29, 1.82) is 0 Å². The Balaban J connectivity index is 0.00000361. The van der Waals surface area contributed by atoms with E-state index in [0.29, 0.717) is 0 Å². The van der Waals surface area contributed by atoms with Gasteiger partial charge >= 0.3 is 12.3 Å². The van der Waals surface area contributed by atoms with E-state index in [9.17, 15) is 18.0 Å². The molecule has 0 aliphatic rings. The summed E-state index contributed by atoms with van der Waals surface area (Å²) in [6, 6.07) is 1.99. The van der Waals surface area contributed by atoms with Crippen LogP contribution in [0.4, 0.5) is 13.2 Å². The van der Waals surface area contributed by atoms with Crippen LogP contribution < -0.4 is 15.2 Å². The average molecular weight is 316 g/mol. The fourth-order valence-corrected chi connectivity index (χ4v) is 1.41. The number of hydrogen-bond acceptors (Lipinski definition) is 5. The van der Waals surface area contributed by atoms with Crippen LogP contribution in [-0.4, -0.2) is 26.6 Å². The molecule has 0 heterocycles. The molecule has 0 saturated carbocycles. The molecule has 0 unspecified atom stereocenters. The van der Waals surface area contributed by atoms with Crippen molar-refractivity contribution in [3.05, 3.63) is 23.8 Å². The van der Waals surface area contributed by atoms with Crippen molar-refractivity contribution in [2.24, 2.45) is 5.73 Å². The Kier molecular flexibility index (Phi) is 6.60. The Morgan fingerprint density at radius 3 is 2.35 bits per heavy atom. The Hall–Kier alpha value is -1.67. The Morgan fingerprint density at radius 2 is 1.90 bits per heavy atom. The number of carbonyl (C=O) groups is 1. The zero-order valence-corrected chi connectivity index (χ0v) is 11.4. The predicted molar refractivity (Wildman–Crippen MR) is 65.9 cm³/mol. The first-order chi connectivity index (χ1) is 8.78. The number of carbonyl (C=O) groups excluding carboxylic acids is 1. The molecule has 0 aliphatic heterocycles. The van der Waals surface area contributed by atoms with Crippen molar-refractivity contribution in [3.63, 3.8) is 0 Å². The van der Waals surface area contributed by atoms with Gasteiger partial charge in [-0.1, -0.05) is 0 Å². The first-order valence-electron chi connectivity index (χ1n) is 5.05. The van der Waals surface area contributed by atoms with Crippen LogP contribution in [0.25, 0.3) is 0 Å². The predicted octanol–water partition coefficient (Wildman–Crippen LogP) is 2.19. The highest BCUT2D eigenvalue weighted by Gasteiger charge is 2.32. The van der Waals surface area contributed by atoms with Gasteiger partial charge in [0.15, 0.2) is 0 Å². The largest absolute Gasteiger partial charge is 0.573 e. The minimum atomic E-state index is -4.83. The summed E-state index contributed by atoms with van der Waals surface area (Å²) in [7, 11) is 2.41. The number of alkyl halides is 3. The van der Waals surface area contributed by atoms with Crippen molar-refractivity contribution >= 4 is 18.4 Å². The molecule has 0 saturated heterocycles. The molecule has 0 aliphatic carbocycles. The van der Waals surface area contributed by atoms with E-state index in [1.54, 1.807) is 0 Å². The minimum absolute atomic E-state index is 0. The molecule has 0 fully saturated rings. The van der Waals surface area contributed by atoms with Gasteiger partial charge in [0.2, 0.25) is 0 Å². The zero-order chi connectivity index (χ0) is 14.6. The molecule has 0 aromatic heterocycles. The summed E-state index contributed by atoms with van der Waals surface area (Å²) in [4.78, 5) is 11.3. The van der Waals surface area contributed by atoms with Crippen LogP contribution in [0.1, 0.15) is 11.6 Å². The summed E-state index contributed by atoms with van der Waals surface area (Å²) in [5.41, 5.74) is 5.60. The normalized spacial score (nSPS) is 12.1. The third-order valence-electron chi connectivity index (χ3n) is 2.22. The van der Waals surface area contributed by atoms with Gasteiger partial charge in [0.25, 0.3) is 0 Å². The van der Waals surface area contributed by atoms with E-state index in [1.807, 2.05) is 0 Å². The lowest BCUT2D eigenvalue weighted by molar-refractivity contribution is -0.274. The second-order valence-corrected chi connectivity index (χ2v) is 3.45. The molecular formula is C11H13ClF3NO4. The number of benzene rings is 1. The van der Waals surface area contributed by atoms with Crippen LogP contribution in [0.3, 0.4) is 0 Å². The lowest BCUT2D eigenvalue weighted by atomic mass is 10.1. The number of hydrogen-bond donors (Lipinski definition) is 1. The second-order valence-electron chi connectivity index (χ2n) is 3.45. The van der Waals surface area contributed by atoms with E-state index in [4.69, 9.17) is 10.5 Å². The Bertz CT molecular complexity index is 467. The molecule has 1 atom stereocenters. The first-order valence-corrected chi connectivity index (χ1v) is 5.05. The van der Waals surface area contributed by atoms with Gasteiger partial charge in [0.1, 0.15) is 17.5 Å². The van der Waals surface area contributed by atoms with E-state index in [1.165, 1.54) is 13.2 Å². The summed E-state index contributed by atoms with van der Waals surface area (Å²) < 4.78 is 49.4. The molecule has 1 aromatic rings. The molecule has 114 valence electrons. The maximum Gasteiger partial charge on any atom is 0.573 e. The standard InChI is InChI=1S/C11H12F3NO4.ClH/c1-17-8-4-3-6(19-11(12,13)14)5-7(8)9(15)10(16)18-2;/h3-5,9H,15H2,1-2H3;1H/t9-;/m1./s1. The van der Waals surface area contributed by atoms with Crippen LogP contribution >= 0.6 is 12.4 Å². The Morgan fingerprint density at radius 1 is 1.30 bits per heavy atom. The van der Waals surface area contributed by atoms with Crippen LogP contribution in [0.15, 0.2) is 18.2 Å². The average Bonchev–Trinajstić information content (AvgIpc) is 2.35. The number of rotatable bonds is 4. The fraction of sp³-hybridized carbons (Fsp3) is 0.364. The number of esters is 1. The molecule has 0 bridgehead atoms. The highest BCUT2D eigenvalue weighted by molar-refractivity contribution is 5.85. The van der Waals surface area contributed by atoms with E-state index >= 15 is 0 Å². The van der Waals surface area contributed by atoms with E-state index < -0.39 is 24.1 Å². The minimum Gasteiger partial charge on any atom is -0.496 e. The number of nitrogens with two attached hydrogens (primary N) is 1. The number of methoxy groups -OCH3 is 2. The maximum absolute atomic E-state index is 12.1. The maximum atomic E-state index is 12.1. The summed E-state index contributed by atoms with van der Waals surface area (Å²) in [6.07, 6.45) is -4.83. The third kappa shape index (κ3) is 4.78. The molecule has 5 nitrogen and oxygen atoms in total. The molecule has 2 N–H and O–H groups in total. The summed E-state index contributed by atoms with van der Waals surface area (Å²) >= 11 is 0. The smallest absolute Gasteiger partial charge is 0.496 e. The van der Waals surface area contributed by atoms with Gasteiger partial charge < -0.3 is 19.9 Å². The van der Waals surface area contributed by atoms with Crippen molar-refractivity contribution in [1.82, 2.24) is 0 Å². The van der Waals surface area contributed by atoms with Gasteiger partial charge in [0.05, 0.1) is 14.2 Å². The topological polar surface area (TPSA) is 70.8 Å². The highest BCUT2D eigenvalue weighted by atomic mass is 35.5. The number of ether oxygens (including phenoxy) is 3. The molecule has 1 aromatic carbocycles. The lowest BCUT2D eigenvalue weighted by Crippen LogP contribution is -2.23. The molecule has 9 heteroatoms. The Labute approximate surface area is 119 Å². The van der Waals surface area contributed by atoms with Gasteiger partial charge in [0, 0.05) is 5.56 Å². The van der Waals surface area contributed by atoms with Gasteiger partial charge in [-0.25, -0.2) is 0 Å². The summed E-state index contributed by atoms with van der Waals surface area (Å²) in [6.45, 7) is 0. The van der Waals surface area contributed by atoms with Crippen LogP contribution in [-0.2, 0) is 9.53 Å². The second kappa shape index (κ2) is 7.20. The monoisotopic (exact) mass is 315 g/mol. The third-order valence-corrected chi connectivity index (χ3v) is 2.22. The van der Waals surface area contributed by atoms with Gasteiger partial charge in [-0.15, -0.1) is 25.6 Å². The van der Waals surface area contributed by atoms with Gasteiger partial charge in [-0.3, -0.25) is 4.79 Å². The van der Waals surface area contributed by atoms with Crippen LogP contribution in [0.2, 0.25) is 0 Å². The fourth-order valence-electron chi connectivity index (χ4n) is 1.41. The summed E-state index contributed by atoms with van der Waals surface area (Å²) in [5.74, 6) is -1.14. The van der Waals surface area contributed by atoms with E-state index in [0.717, 1.165) is 19.2 Å². The molecule has 0 radical (unpaired) electrons. The van der Waals surface area contributed by atoms with Crippen molar-refractivity contribution in [2.75, 3.05) is 14.2 Å². The zero-order valence-electron chi connectivity index (χ0n) is 10.6. The van der Waals surface area contributed by atoms with Crippen molar-refractivity contribution in [3.8, 4) is 11.5 Å². The quantitative estimate of drug-likeness (QED) is 0.862. The molecule has 20 heavy (non-hydrogen) atoms. The van der Waals surface area contributed by atoms with E-state index in [2.05, 4.69) is 9.47 Å². The number of halogens is 4. The highest BCUT2D eigenvalue weighted by Crippen LogP contribution is 2.31. The van der Waals surface area contributed by atoms with E-state index in [-0.39, 0.29) is 23.7 Å². The summed E-state index contributed by atoms with van der Waals surface area (Å²) in [5, 5.41) is 0. The van der Waals surface area contributed by atoms with Crippen LogP contribution in [0.5, 0.6) is 11.5 Å². The van der Waals surface area contributed by atoms with Crippen LogP contribution in [0, 0.1) is 0 Å².